The van der Waals surface area contributed by atoms with E-state index in [4.69, 9.17) is 0 Å². The first kappa shape index (κ1) is 20.7. The zero-order valence-corrected chi connectivity index (χ0v) is 19.9. The Hall–Kier alpha value is -3.88. The maximum Gasteiger partial charge on any atom is 0.116 e. The second kappa shape index (κ2) is 8.16. The first-order valence-corrected chi connectivity index (χ1v) is 11.8. The molecule has 0 saturated carbocycles. The van der Waals surface area contributed by atoms with Gasteiger partial charge in [-0.15, -0.1) is 11.3 Å². The molecule has 6 aromatic heterocycles. The quantitative estimate of drug-likeness (QED) is 0.343. The van der Waals surface area contributed by atoms with Crippen LogP contribution in [0.2, 0.25) is 0 Å². The molecule has 6 rings (SSSR count). The van der Waals surface area contributed by atoms with E-state index in [0.29, 0.717) is 0 Å². The Kier molecular flexibility index (Phi) is 4.97. The largest absolute Gasteiger partial charge is 0.352 e. The van der Waals surface area contributed by atoms with Crippen LogP contribution in [0.25, 0.3) is 54.9 Å². The number of thiophene rings is 1. The summed E-state index contributed by atoms with van der Waals surface area (Å²) in [6.07, 6.45) is 9.40. The van der Waals surface area contributed by atoms with Gasteiger partial charge in [-0.25, -0.2) is 0 Å². The van der Waals surface area contributed by atoms with E-state index in [1.165, 1.54) is 9.75 Å². The van der Waals surface area contributed by atoms with Crippen LogP contribution in [0.4, 0.5) is 0 Å². The van der Waals surface area contributed by atoms with Gasteiger partial charge in [-0.05, 0) is 56.9 Å². The molecule has 0 bridgehead atoms. The minimum absolute atomic E-state index is 0.829. The summed E-state index contributed by atoms with van der Waals surface area (Å²) in [6.45, 7) is 2.95. The van der Waals surface area contributed by atoms with Crippen molar-refractivity contribution in [3.63, 3.8) is 0 Å². The lowest BCUT2D eigenvalue weighted by Gasteiger charge is -2.10. The van der Waals surface area contributed by atoms with Crippen LogP contribution in [-0.4, -0.2) is 49.1 Å². The molecule has 6 aromatic rings. The van der Waals surface area contributed by atoms with Crippen LogP contribution in [0, 0.1) is 6.92 Å². The van der Waals surface area contributed by atoms with Gasteiger partial charge in [-0.3, -0.25) is 20.1 Å². The Morgan fingerprint density at radius 2 is 1.79 bits per heavy atom. The Labute approximate surface area is 200 Å². The number of hydrogen-bond acceptors (Lipinski definition) is 6. The van der Waals surface area contributed by atoms with Crippen molar-refractivity contribution in [2.75, 3.05) is 14.1 Å². The average molecular weight is 466 g/mol. The van der Waals surface area contributed by atoms with Crippen LogP contribution in [0.5, 0.6) is 0 Å². The Morgan fingerprint density at radius 3 is 2.62 bits per heavy atom. The zero-order chi connectivity index (χ0) is 23.2. The van der Waals surface area contributed by atoms with E-state index in [2.05, 4.69) is 86.4 Å². The molecule has 0 atom stereocenters. The number of aryl methyl sites for hydroxylation is 1. The van der Waals surface area contributed by atoms with Crippen molar-refractivity contribution in [1.82, 2.24) is 35.0 Å². The number of nitrogens with zero attached hydrogens (tertiary/aromatic N) is 5. The van der Waals surface area contributed by atoms with Crippen LogP contribution >= 0.6 is 11.3 Å². The van der Waals surface area contributed by atoms with Crippen LogP contribution in [0.1, 0.15) is 10.4 Å². The van der Waals surface area contributed by atoms with Crippen LogP contribution in [0.15, 0.2) is 61.3 Å². The van der Waals surface area contributed by atoms with Gasteiger partial charge >= 0.3 is 0 Å². The topological polar surface area (TPSA) is 86.4 Å². The molecule has 0 saturated heterocycles. The first-order valence-electron chi connectivity index (χ1n) is 11.0. The summed E-state index contributed by atoms with van der Waals surface area (Å²) in [7, 11) is 4.10. The zero-order valence-electron chi connectivity index (χ0n) is 19.1. The third-order valence-electron chi connectivity index (χ3n) is 5.84. The fraction of sp³-hybridized carbons (Fsp3) is 0.154. The number of fused-ring (bicyclic) bond motifs is 2. The lowest BCUT2D eigenvalue weighted by Crippen LogP contribution is -2.10. The van der Waals surface area contributed by atoms with Crippen molar-refractivity contribution in [2.24, 2.45) is 0 Å². The fourth-order valence-corrected chi connectivity index (χ4v) is 5.21. The van der Waals surface area contributed by atoms with Crippen molar-refractivity contribution in [3.8, 4) is 33.1 Å². The molecule has 0 fully saturated rings. The number of hydrogen-bond donors (Lipinski definition) is 2. The molecule has 0 aliphatic heterocycles. The third-order valence-corrected chi connectivity index (χ3v) is 6.88. The van der Waals surface area contributed by atoms with Crippen molar-refractivity contribution < 1.29 is 0 Å². The summed E-state index contributed by atoms with van der Waals surface area (Å²) in [5.74, 6) is 0. The number of aromatic nitrogens is 6. The molecule has 0 aromatic carbocycles. The van der Waals surface area contributed by atoms with Crippen molar-refractivity contribution >= 4 is 33.1 Å². The number of pyridine rings is 3. The van der Waals surface area contributed by atoms with E-state index < -0.39 is 0 Å². The standard InChI is InChI=1S/C26H23N7S/c1-15-4-5-25(34-15)20-11-28-12-23-18(20)7-22(30-23)26-19-8-21(29-13-24(19)31-32-26)17-6-16(9-27-10-17)14-33(2)3/h4-13,30H,14H2,1-3H3,(H,31,32). The normalized spacial score (nSPS) is 11.8. The molecule has 0 spiro atoms. The molecule has 8 heteroatoms. The second-order valence-corrected chi connectivity index (χ2v) is 10.0. The summed E-state index contributed by atoms with van der Waals surface area (Å²) in [5.41, 5.74) is 7.83. The van der Waals surface area contributed by atoms with Gasteiger partial charge in [-0.1, -0.05) is 0 Å². The molecule has 168 valence electrons. The fourth-order valence-electron chi connectivity index (χ4n) is 4.31. The maximum atomic E-state index is 4.66. The Morgan fingerprint density at radius 1 is 0.912 bits per heavy atom. The van der Waals surface area contributed by atoms with Gasteiger partial charge in [0, 0.05) is 56.8 Å². The minimum Gasteiger partial charge on any atom is -0.352 e. The SMILES string of the molecule is Cc1ccc(-c2cncc3[nH]c(-c4n[nH]c5cnc(-c6cncc(CN(C)C)c6)cc45)cc23)s1. The number of H-pyrrole nitrogens is 2. The van der Waals surface area contributed by atoms with Gasteiger partial charge in [0.05, 0.1) is 34.8 Å². The average Bonchev–Trinajstić information content (AvgIpc) is 3.55. The summed E-state index contributed by atoms with van der Waals surface area (Å²) >= 11 is 1.78. The Bertz CT molecular complexity index is 1640. The molecule has 6 heterocycles. The predicted molar refractivity (Wildman–Crippen MR) is 138 cm³/mol. The van der Waals surface area contributed by atoms with E-state index in [0.717, 1.165) is 62.1 Å². The molecule has 0 aliphatic rings. The molecular formula is C26H23N7S. The molecule has 0 amide bonds. The van der Waals surface area contributed by atoms with Gasteiger partial charge in [0.15, 0.2) is 0 Å². The first-order chi connectivity index (χ1) is 16.5. The molecule has 0 aliphatic carbocycles. The highest BCUT2D eigenvalue weighted by Crippen LogP contribution is 2.36. The lowest BCUT2D eigenvalue weighted by molar-refractivity contribution is 0.402. The molecule has 0 unspecified atom stereocenters. The van der Waals surface area contributed by atoms with Gasteiger partial charge in [0.1, 0.15) is 5.69 Å². The molecule has 2 N–H and O–H groups in total. The smallest absolute Gasteiger partial charge is 0.116 e. The number of nitrogens with one attached hydrogen (secondary N) is 2. The van der Waals surface area contributed by atoms with Crippen LogP contribution in [0.3, 0.4) is 0 Å². The van der Waals surface area contributed by atoms with E-state index in [1.807, 2.05) is 31.0 Å². The molecule has 34 heavy (non-hydrogen) atoms. The van der Waals surface area contributed by atoms with E-state index in [9.17, 15) is 0 Å². The van der Waals surface area contributed by atoms with Gasteiger partial charge in [0.25, 0.3) is 0 Å². The number of rotatable bonds is 5. The van der Waals surface area contributed by atoms with E-state index in [-0.39, 0.29) is 0 Å². The summed E-state index contributed by atoms with van der Waals surface area (Å²) in [6, 6.07) is 10.7. The maximum absolute atomic E-state index is 4.66. The van der Waals surface area contributed by atoms with E-state index >= 15 is 0 Å². The third kappa shape index (κ3) is 3.67. The summed E-state index contributed by atoms with van der Waals surface area (Å²) in [4.78, 5) is 21.7. The minimum atomic E-state index is 0.829. The highest BCUT2D eigenvalue weighted by atomic mass is 32.1. The lowest BCUT2D eigenvalue weighted by atomic mass is 10.1. The Balaban J connectivity index is 1.45. The number of aromatic amines is 2. The van der Waals surface area contributed by atoms with Crippen LogP contribution in [-0.2, 0) is 6.54 Å². The van der Waals surface area contributed by atoms with Crippen molar-refractivity contribution in [2.45, 2.75) is 13.5 Å². The predicted octanol–water partition coefficient (Wildman–Crippen LogP) is 5.66. The van der Waals surface area contributed by atoms with Crippen molar-refractivity contribution in [3.05, 3.63) is 71.8 Å². The molecule has 0 radical (unpaired) electrons. The second-order valence-electron chi connectivity index (χ2n) is 8.75. The van der Waals surface area contributed by atoms with Gasteiger partial charge < -0.3 is 9.88 Å². The van der Waals surface area contributed by atoms with Crippen molar-refractivity contribution in [1.29, 1.82) is 0 Å². The highest BCUT2D eigenvalue weighted by molar-refractivity contribution is 7.15. The van der Waals surface area contributed by atoms with E-state index in [1.54, 1.807) is 11.3 Å². The summed E-state index contributed by atoms with van der Waals surface area (Å²) in [5, 5.41) is 9.90. The van der Waals surface area contributed by atoms with Crippen LogP contribution < -0.4 is 0 Å². The molecule has 7 nitrogen and oxygen atoms in total. The monoisotopic (exact) mass is 465 g/mol. The summed E-state index contributed by atoms with van der Waals surface area (Å²) < 4.78 is 0. The van der Waals surface area contributed by atoms with Gasteiger partial charge in [-0.2, -0.15) is 5.10 Å². The molecular weight excluding hydrogens is 442 g/mol. The van der Waals surface area contributed by atoms with Gasteiger partial charge in [0.2, 0.25) is 0 Å². The highest BCUT2D eigenvalue weighted by Gasteiger charge is 2.16.